The van der Waals surface area contributed by atoms with Gasteiger partial charge in [0, 0.05) is 7.11 Å². The summed E-state index contributed by atoms with van der Waals surface area (Å²) in [4.78, 5) is 28.4. The zero-order chi connectivity index (χ0) is 24.8. The number of hydroxylamine groups is 1. The first kappa shape index (κ1) is 26.2. The number of benzene rings is 1. The van der Waals surface area contributed by atoms with E-state index in [4.69, 9.17) is 20.1 Å². The van der Waals surface area contributed by atoms with Crippen molar-refractivity contribution >= 4 is 33.6 Å². The van der Waals surface area contributed by atoms with Crippen LogP contribution in [0.5, 0.6) is 0 Å². The van der Waals surface area contributed by atoms with Crippen LogP contribution in [0.2, 0.25) is 0 Å². The van der Waals surface area contributed by atoms with E-state index in [9.17, 15) is 14.0 Å². The molecule has 14 heteroatoms. The number of carbonyl (C=O) groups is 1. The molecular weight excluding hydrogens is 507 g/mol. The molecule has 1 heterocycles. The van der Waals surface area contributed by atoms with Gasteiger partial charge in [-0.1, -0.05) is 5.16 Å². The summed E-state index contributed by atoms with van der Waals surface area (Å²) >= 11 is 3.04. The van der Waals surface area contributed by atoms with Crippen molar-refractivity contribution in [3.05, 3.63) is 44.9 Å². The molecule has 0 fully saturated rings. The van der Waals surface area contributed by atoms with Crippen molar-refractivity contribution in [2.24, 2.45) is 4.99 Å². The molecule has 1 amide bonds. The minimum atomic E-state index is -0.915. The van der Waals surface area contributed by atoms with E-state index >= 15 is 0 Å². The molecule has 0 radical (unpaired) electrons. The van der Waals surface area contributed by atoms with Crippen LogP contribution in [0.25, 0.3) is 5.69 Å². The third-order valence-electron chi connectivity index (χ3n) is 3.90. The van der Waals surface area contributed by atoms with Crippen molar-refractivity contribution in [2.75, 3.05) is 20.3 Å². The molecule has 0 aliphatic rings. The Balaban J connectivity index is 2.27. The van der Waals surface area contributed by atoms with Gasteiger partial charge in [0.1, 0.15) is 11.4 Å². The highest BCUT2D eigenvalue weighted by atomic mass is 79.9. The van der Waals surface area contributed by atoms with E-state index in [0.29, 0.717) is 0 Å². The van der Waals surface area contributed by atoms with Gasteiger partial charge in [-0.05, 0) is 54.9 Å². The molecule has 5 N–H and O–H groups in total. The Bertz CT molecular complexity index is 1090. The molecule has 0 aliphatic heterocycles. The first-order valence-electron chi connectivity index (χ1n) is 9.56. The van der Waals surface area contributed by atoms with Crippen LogP contribution >= 0.6 is 15.9 Å². The second kappa shape index (κ2) is 11.2. The van der Waals surface area contributed by atoms with Crippen LogP contribution in [-0.2, 0) is 9.47 Å². The van der Waals surface area contributed by atoms with E-state index < -0.39 is 35.0 Å². The molecule has 0 saturated carbocycles. The number of halogens is 2. The second-order valence-corrected chi connectivity index (χ2v) is 8.55. The molecule has 0 saturated heterocycles. The quantitative estimate of drug-likeness (QED) is 0.199. The molecule has 33 heavy (non-hydrogen) atoms. The second-order valence-electron chi connectivity index (χ2n) is 7.69. The molecule has 0 bridgehead atoms. The number of amides is 1. The topological polar surface area (TPSA) is 167 Å². The molecular formula is C19H25BrFN6O6+. The summed E-state index contributed by atoms with van der Waals surface area (Å²) in [6, 6.07) is 3.12. The van der Waals surface area contributed by atoms with Crippen molar-refractivity contribution < 1.29 is 28.4 Å². The maximum Gasteiger partial charge on any atom is 0.446 e. The highest BCUT2D eigenvalue weighted by molar-refractivity contribution is 9.10. The Hall–Kier alpha value is -3.10. The maximum absolute atomic E-state index is 13.6. The van der Waals surface area contributed by atoms with Gasteiger partial charge in [0.25, 0.3) is 0 Å². The molecule has 1 aromatic carbocycles. The Labute approximate surface area is 196 Å². The fraction of sp³-hybridized carbons (Fsp3) is 0.421. The number of aliphatic imine (C=N–C) groups is 1. The molecule has 0 aliphatic carbocycles. The van der Waals surface area contributed by atoms with Crippen molar-refractivity contribution in [3.8, 4) is 5.69 Å². The van der Waals surface area contributed by atoms with Gasteiger partial charge in [0.2, 0.25) is 11.7 Å². The van der Waals surface area contributed by atoms with Gasteiger partial charge in [-0.3, -0.25) is 14.9 Å². The molecule has 1 unspecified atom stereocenters. The largest absolute Gasteiger partial charge is 0.446 e. The average Bonchev–Trinajstić information content (AvgIpc) is 3.10. The van der Waals surface area contributed by atoms with Gasteiger partial charge in [-0.25, -0.2) is 18.5 Å². The van der Waals surface area contributed by atoms with Gasteiger partial charge < -0.3 is 20.0 Å². The van der Waals surface area contributed by atoms with Crippen LogP contribution in [-0.4, -0.2) is 64.5 Å². The SMILES string of the molecule is COCC(CN=C(N[OH2+])C(=N)c1noc(=O)n1-c1ccc(F)c(Br)c1)NC(=O)OC(C)(C)C. The van der Waals surface area contributed by atoms with E-state index in [2.05, 4.69) is 35.9 Å². The third kappa shape index (κ3) is 7.20. The lowest BCUT2D eigenvalue weighted by molar-refractivity contribution is 0.0473. The third-order valence-corrected chi connectivity index (χ3v) is 4.51. The van der Waals surface area contributed by atoms with Crippen LogP contribution in [0.1, 0.15) is 26.6 Å². The highest BCUT2D eigenvalue weighted by Gasteiger charge is 2.24. The lowest BCUT2D eigenvalue weighted by Crippen LogP contribution is -2.43. The van der Waals surface area contributed by atoms with Crippen molar-refractivity contribution in [2.45, 2.75) is 32.4 Å². The number of rotatable bonds is 8. The number of hydrogen-bond donors (Lipinski definition) is 3. The normalized spacial score (nSPS) is 12.9. The number of ether oxygens (including phenoxy) is 2. The maximum atomic E-state index is 13.6. The minimum absolute atomic E-state index is 0.0825. The van der Waals surface area contributed by atoms with E-state index in [-0.39, 0.29) is 35.0 Å². The number of nitrogens with zero attached hydrogens (tertiary/aromatic N) is 3. The Kier molecular flexibility index (Phi) is 8.84. The Morgan fingerprint density at radius 2 is 2.15 bits per heavy atom. The van der Waals surface area contributed by atoms with E-state index in [1.54, 1.807) is 20.8 Å². The van der Waals surface area contributed by atoms with Crippen molar-refractivity contribution in [1.29, 1.82) is 5.41 Å². The zero-order valence-electron chi connectivity index (χ0n) is 18.4. The minimum Gasteiger partial charge on any atom is -0.444 e. The molecule has 1 aromatic heterocycles. The zero-order valence-corrected chi connectivity index (χ0v) is 19.9. The van der Waals surface area contributed by atoms with Gasteiger partial charge in [-0.2, -0.15) is 0 Å². The monoisotopic (exact) mass is 531 g/mol. The molecule has 180 valence electrons. The number of hydrogen-bond acceptors (Lipinski definition) is 8. The number of carbonyl (C=O) groups excluding carboxylic acids is 1. The van der Waals surface area contributed by atoms with Crippen LogP contribution in [0.15, 0.2) is 37.0 Å². The number of nitrogens with one attached hydrogen (secondary N) is 3. The first-order chi connectivity index (χ1) is 15.5. The fourth-order valence-corrected chi connectivity index (χ4v) is 2.93. The van der Waals surface area contributed by atoms with Gasteiger partial charge in [0.05, 0.1) is 29.4 Å². The number of amidine groups is 1. The van der Waals surface area contributed by atoms with E-state index in [0.717, 1.165) is 10.6 Å². The number of aromatic nitrogens is 2. The summed E-state index contributed by atoms with van der Waals surface area (Å²) in [5, 5.41) is 22.1. The lowest BCUT2D eigenvalue weighted by Gasteiger charge is -2.22. The molecule has 1 atom stereocenters. The summed E-state index contributed by atoms with van der Waals surface area (Å²) in [5.41, 5.74) is 1.06. The van der Waals surface area contributed by atoms with Crippen LogP contribution < -0.4 is 16.6 Å². The summed E-state index contributed by atoms with van der Waals surface area (Å²) < 4.78 is 29.6. The average molecular weight is 532 g/mol. The van der Waals surface area contributed by atoms with Crippen LogP contribution in [0, 0.1) is 11.2 Å². The Morgan fingerprint density at radius 1 is 1.45 bits per heavy atom. The molecule has 2 rings (SSSR count). The summed E-state index contributed by atoms with van der Waals surface area (Å²) in [6.45, 7) is 5.16. The van der Waals surface area contributed by atoms with Gasteiger partial charge in [-0.15, -0.1) is 5.48 Å². The van der Waals surface area contributed by atoms with E-state index in [1.165, 1.54) is 19.2 Å². The van der Waals surface area contributed by atoms with Crippen LogP contribution in [0.4, 0.5) is 9.18 Å². The Morgan fingerprint density at radius 3 is 2.73 bits per heavy atom. The molecule has 12 nitrogen and oxygen atoms in total. The first-order valence-corrected chi connectivity index (χ1v) is 10.3. The lowest BCUT2D eigenvalue weighted by atomic mass is 10.2. The molecule has 2 aromatic rings. The smallest absolute Gasteiger partial charge is 0.444 e. The van der Waals surface area contributed by atoms with Gasteiger partial charge in [0.15, 0.2) is 5.71 Å². The predicted octanol–water partition coefficient (Wildman–Crippen LogP) is 1.26. The standard InChI is InChI=1S/C19H24BrFN6O6/c1-19(2,3)32-17(28)24-10(9-31-4)8-23-15(25-30)14(22)16-26-33-18(29)27(16)11-5-6-13(21)12(20)7-11/h5-7,10,22,30H,8-9H2,1-4H3,(H,23,25)(H,24,28)/p+1. The molecule has 0 spiro atoms. The van der Waals surface area contributed by atoms with Crippen molar-refractivity contribution in [3.63, 3.8) is 0 Å². The van der Waals surface area contributed by atoms with Crippen molar-refractivity contribution in [1.82, 2.24) is 20.5 Å². The fourth-order valence-electron chi connectivity index (χ4n) is 2.56. The summed E-state index contributed by atoms with van der Waals surface area (Å²) in [5.74, 6) is -1.98. The highest BCUT2D eigenvalue weighted by Crippen LogP contribution is 2.19. The van der Waals surface area contributed by atoms with Gasteiger partial charge >= 0.3 is 11.8 Å². The predicted molar refractivity (Wildman–Crippen MR) is 121 cm³/mol. The number of methoxy groups -OCH3 is 1. The van der Waals surface area contributed by atoms with Crippen LogP contribution in [0.3, 0.4) is 0 Å². The summed E-state index contributed by atoms with van der Waals surface area (Å²) in [7, 11) is 1.44. The van der Waals surface area contributed by atoms with E-state index in [1.807, 2.05) is 5.48 Å². The number of alkyl carbamates (subject to hydrolysis) is 1. The summed E-state index contributed by atoms with van der Waals surface area (Å²) in [6.07, 6.45) is -0.678.